The van der Waals surface area contributed by atoms with Gasteiger partial charge in [-0.3, -0.25) is 4.79 Å². The summed E-state index contributed by atoms with van der Waals surface area (Å²) < 4.78 is 1.09. The fraction of sp³-hybridized carbons (Fsp3) is 0.500. The van der Waals surface area contributed by atoms with Gasteiger partial charge in [0.1, 0.15) is 0 Å². The van der Waals surface area contributed by atoms with Gasteiger partial charge in [-0.25, -0.2) is 0 Å². The van der Waals surface area contributed by atoms with E-state index in [0.717, 1.165) is 10.2 Å². The first-order chi connectivity index (χ1) is 7.13. The average molecular weight is 290 g/mol. The molecule has 0 radical (unpaired) electrons. The maximum atomic E-state index is 10.8. The van der Waals surface area contributed by atoms with E-state index < -0.39 is 5.97 Å². The molecule has 0 spiro atoms. The number of carboxylic acids is 1. The summed E-state index contributed by atoms with van der Waals surface area (Å²) in [6.07, 6.45) is 0.788. The van der Waals surface area contributed by atoms with Crippen LogP contribution in [0.15, 0.2) is 15.9 Å². The first-order valence-electron chi connectivity index (χ1n) is 4.78. The molecule has 15 heavy (non-hydrogen) atoms. The van der Waals surface area contributed by atoms with Crippen molar-refractivity contribution in [3.63, 3.8) is 0 Å². The molecule has 3 nitrogen and oxygen atoms in total. The van der Waals surface area contributed by atoms with E-state index in [-0.39, 0.29) is 17.9 Å². The molecule has 0 bridgehead atoms. The minimum Gasteiger partial charge on any atom is -0.481 e. The highest BCUT2D eigenvalue weighted by Gasteiger charge is 2.48. The molecule has 1 saturated carbocycles. The Kier molecular flexibility index (Phi) is 3.13. The molecule has 0 aliphatic heterocycles. The zero-order valence-electron chi connectivity index (χ0n) is 8.24. The number of nitrogens with one attached hydrogen (secondary N) is 1. The Hall–Kier alpha value is -0.390. The van der Waals surface area contributed by atoms with Crippen LogP contribution in [0.5, 0.6) is 0 Å². The van der Waals surface area contributed by atoms with E-state index >= 15 is 0 Å². The zero-order valence-corrected chi connectivity index (χ0v) is 10.6. The molecule has 1 fully saturated rings. The third kappa shape index (κ3) is 2.24. The number of carboxylic acid groups (broad SMARTS) is 1. The van der Waals surface area contributed by atoms with Crippen molar-refractivity contribution in [1.82, 2.24) is 5.32 Å². The van der Waals surface area contributed by atoms with Gasteiger partial charge in [-0.15, -0.1) is 11.3 Å². The Morgan fingerprint density at radius 2 is 2.47 bits per heavy atom. The molecule has 0 saturated heterocycles. The van der Waals surface area contributed by atoms with Crippen LogP contribution >= 0.6 is 27.3 Å². The number of halogens is 1. The summed E-state index contributed by atoms with van der Waals surface area (Å²) >= 11 is 5.08. The van der Waals surface area contributed by atoms with Crippen LogP contribution in [0.1, 0.15) is 17.3 Å². The molecule has 1 aromatic rings. The van der Waals surface area contributed by atoms with Crippen molar-refractivity contribution in [1.29, 1.82) is 0 Å². The van der Waals surface area contributed by atoms with Gasteiger partial charge in [0.25, 0.3) is 0 Å². The quantitative estimate of drug-likeness (QED) is 0.895. The van der Waals surface area contributed by atoms with Crippen molar-refractivity contribution in [3.05, 3.63) is 20.8 Å². The molecular weight excluding hydrogens is 278 g/mol. The highest BCUT2D eigenvalue weighted by Crippen LogP contribution is 2.48. The second kappa shape index (κ2) is 4.23. The molecule has 1 aliphatic rings. The molecule has 3 unspecified atom stereocenters. The van der Waals surface area contributed by atoms with Crippen LogP contribution in [-0.4, -0.2) is 18.1 Å². The van der Waals surface area contributed by atoms with Crippen molar-refractivity contribution in [2.45, 2.75) is 12.5 Å². The summed E-state index contributed by atoms with van der Waals surface area (Å²) in [5, 5.41) is 12.1. The lowest BCUT2D eigenvalue weighted by molar-refractivity contribution is -0.138. The van der Waals surface area contributed by atoms with Crippen molar-refractivity contribution >= 4 is 33.2 Å². The summed E-state index contributed by atoms with van der Waals surface area (Å²) in [5.74, 6) is -0.586. The van der Waals surface area contributed by atoms with Crippen molar-refractivity contribution in [2.24, 2.45) is 11.8 Å². The van der Waals surface area contributed by atoms with E-state index in [4.69, 9.17) is 5.11 Å². The summed E-state index contributed by atoms with van der Waals surface area (Å²) in [5.41, 5.74) is 0. The first kappa shape index (κ1) is 11.1. The van der Waals surface area contributed by atoms with Crippen LogP contribution in [0.3, 0.4) is 0 Å². The first-order valence-corrected chi connectivity index (χ1v) is 6.39. The number of hydrogen-bond acceptors (Lipinski definition) is 3. The zero-order chi connectivity index (χ0) is 11.0. The third-order valence-corrected chi connectivity index (χ3v) is 4.50. The van der Waals surface area contributed by atoms with E-state index in [1.54, 1.807) is 11.3 Å². The lowest BCUT2D eigenvalue weighted by Crippen LogP contribution is -2.19. The van der Waals surface area contributed by atoms with Gasteiger partial charge in [-0.2, -0.15) is 0 Å². The highest BCUT2D eigenvalue weighted by atomic mass is 79.9. The highest BCUT2D eigenvalue weighted by molar-refractivity contribution is 9.11. The number of thiophene rings is 1. The molecule has 1 aromatic heterocycles. The van der Waals surface area contributed by atoms with Gasteiger partial charge in [0.05, 0.1) is 9.70 Å². The van der Waals surface area contributed by atoms with E-state index in [1.807, 2.05) is 19.2 Å². The van der Waals surface area contributed by atoms with Crippen molar-refractivity contribution < 1.29 is 9.90 Å². The Balaban J connectivity index is 2.09. The Morgan fingerprint density at radius 1 is 1.73 bits per heavy atom. The van der Waals surface area contributed by atoms with Gasteiger partial charge in [-0.1, -0.05) is 0 Å². The number of carbonyl (C=O) groups is 1. The van der Waals surface area contributed by atoms with Crippen LogP contribution < -0.4 is 5.32 Å². The van der Waals surface area contributed by atoms with Crippen LogP contribution in [0.2, 0.25) is 0 Å². The average Bonchev–Trinajstić information content (AvgIpc) is 2.85. The minimum absolute atomic E-state index is 0.164. The van der Waals surface area contributed by atoms with E-state index in [2.05, 4.69) is 21.2 Å². The molecule has 2 rings (SSSR count). The molecular formula is C10H12BrNO2S. The van der Waals surface area contributed by atoms with Crippen LogP contribution in [-0.2, 0) is 4.79 Å². The fourth-order valence-electron chi connectivity index (χ4n) is 1.93. The van der Waals surface area contributed by atoms with E-state index in [0.29, 0.717) is 0 Å². The Bertz CT molecular complexity index is 379. The predicted octanol–water partition coefficient (Wildman–Crippen LogP) is 2.49. The summed E-state index contributed by atoms with van der Waals surface area (Å²) in [6.45, 7) is 0. The summed E-state index contributed by atoms with van der Waals surface area (Å²) in [6, 6.07) is 4.23. The smallest absolute Gasteiger partial charge is 0.306 e. The topological polar surface area (TPSA) is 49.3 Å². The summed E-state index contributed by atoms with van der Waals surface area (Å²) in [7, 11) is 1.88. The van der Waals surface area contributed by atoms with Crippen molar-refractivity contribution in [3.8, 4) is 0 Å². The van der Waals surface area contributed by atoms with Gasteiger partial charge in [0.15, 0.2) is 0 Å². The standard InChI is InChI=1S/C10H12BrNO2S/c1-12-9(5-4-6(5)10(13)14)7-2-3-8(11)15-7/h2-3,5-6,9,12H,4H2,1H3,(H,13,14). The van der Waals surface area contributed by atoms with Crippen LogP contribution in [0.4, 0.5) is 0 Å². The minimum atomic E-state index is -0.670. The molecule has 5 heteroatoms. The molecule has 0 amide bonds. The Labute approximate surface area is 101 Å². The van der Waals surface area contributed by atoms with Crippen molar-refractivity contribution in [2.75, 3.05) is 7.05 Å². The van der Waals surface area contributed by atoms with E-state index in [9.17, 15) is 4.79 Å². The monoisotopic (exact) mass is 289 g/mol. The number of hydrogen-bond donors (Lipinski definition) is 2. The molecule has 0 aromatic carbocycles. The molecule has 1 aliphatic carbocycles. The van der Waals surface area contributed by atoms with Crippen LogP contribution in [0, 0.1) is 11.8 Å². The SMILES string of the molecule is CNC(c1ccc(Br)s1)C1CC1C(=O)O. The second-order valence-electron chi connectivity index (χ2n) is 3.75. The van der Waals surface area contributed by atoms with Gasteiger partial charge in [0, 0.05) is 10.9 Å². The Morgan fingerprint density at radius 3 is 2.87 bits per heavy atom. The largest absolute Gasteiger partial charge is 0.481 e. The maximum Gasteiger partial charge on any atom is 0.306 e. The molecule has 2 N–H and O–H groups in total. The van der Waals surface area contributed by atoms with Gasteiger partial charge in [0.2, 0.25) is 0 Å². The number of aliphatic carboxylic acids is 1. The van der Waals surface area contributed by atoms with E-state index in [1.165, 1.54) is 4.88 Å². The lowest BCUT2D eigenvalue weighted by Gasteiger charge is -2.13. The van der Waals surface area contributed by atoms with Gasteiger partial charge < -0.3 is 10.4 Å². The normalized spacial score (nSPS) is 26.3. The molecule has 1 heterocycles. The van der Waals surface area contributed by atoms with Gasteiger partial charge >= 0.3 is 5.97 Å². The lowest BCUT2D eigenvalue weighted by atomic mass is 10.1. The third-order valence-electron chi connectivity index (χ3n) is 2.80. The second-order valence-corrected chi connectivity index (χ2v) is 6.25. The fourth-order valence-corrected chi connectivity index (χ4v) is 3.54. The molecule has 3 atom stereocenters. The predicted molar refractivity (Wildman–Crippen MR) is 63.1 cm³/mol. The van der Waals surface area contributed by atoms with Crippen LogP contribution in [0.25, 0.3) is 0 Å². The summed E-state index contributed by atoms with van der Waals surface area (Å²) in [4.78, 5) is 12.0. The molecule has 82 valence electrons. The maximum absolute atomic E-state index is 10.8. The van der Waals surface area contributed by atoms with Gasteiger partial charge in [-0.05, 0) is 47.4 Å². The number of rotatable bonds is 4.